The quantitative estimate of drug-likeness (QED) is 0.502. The van der Waals surface area contributed by atoms with Gasteiger partial charge in [-0.2, -0.15) is 0 Å². The molecule has 13 heavy (non-hydrogen) atoms. The second-order valence-corrected chi connectivity index (χ2v) is 3.14. The summed E-state index contributed by atoms with van der Waals surface area (Å²) < 4.78 is 0. The van der Waals surface area contributed by atoms with E-state index in [1.165, 1.54) is 0 Å². The van der Waals surface area contributed by atoms with Crippen LogP contribution in [0, 0.1) is 0 Å². The molecule has 1 aliphatic carbocycles. The van der Waals surface area contributed by atoms with Crippen molar-refractivity contribution in [3.8, 4) is 0 Å². The van der Waals surface area contributed by atoms with Crippen LogP contribution in [0.3, 0.4) is 0 Å². The molecule has 0 bridgehead atoms. The number of amides is 1. The van der Waals surface area contributed by atoms with Crippen LogP contribution in [0.15, 0.2) is 12.7 Å². The van der Waals surface area contributed by atoms with Gasteiger partial charge in [-0.05, 0) is 12.8 Å². The fraction of sp³-hybridized carbons (Fsp3) is 0.556. The molecule has 1 rings (SSSR count). The van der Waals surface area contributed by atoms with Crippen LogP contribution in [0.5, 0.6) is 0 Å². The molecule has 4 nitrogen and oxygen atoms in total. The van der Waals surface area contributed by atoms with Crippen molar-refractivity contribution in [2.75, 3.05) is 6.54 Å². The highest BCUT2D eigenvalue weighted by Crippen LogP contribution is 2.27. The summed E-state index contributed by atoms with van der Waals surface area (Å²) in [5, 5.41) is 8.43. The summed E-state index contributed by atoms with van der Waals surface area (Å²) in [5.74, 6) is -1.38. The topological polar surface area (TPSA) is 57.6 Å². The van der Waals surface area contributed by atoms with Gasteiger partial charge < -0.3 is 10.0 Å². The zero-order chi connectivity index (χ0) is 9.84. The van der Waals surface area contributed by atoms with Crippen LogP contribution in [0.4, 0.5) is 0 Å². The molecule has 0 saturated heterocycles. The van der Waals surface area contributed by atoms with Gasteiger partial charge in [0.2, 0.25) is 5.91 Å². The first-order valence-corrected chi connectivity index (χ1v) is 4.27. The van der Waals surface area contributed by atoms with Gasteiger partial charge in [0, 0.05) is 12.6 Å². The fourth-order valence-corrected chi connectivity index (χ4v) is 1.21. The number of hydrogen-bond acceptors (Lipinski definition) is 2. The molecule has 0 atom stereocenters. The first kappa shape index (κ1) is 9.77. The van der Waals surface area contributed by atoms with Gasteiger partial charge in [0.05, 0.1) is 0 Å². The zero-order valence-corrected chi connectivity index (χ0v) is 7.40. The van der Waals surface area contributed by atoms with Crippen molar-refractivity contribution < 1.29 is 14.7 Å². The van der Waals surface area contributed by atoms with E-state index in [4.69, 9.17) is 5.11 Å². The van der Waals surface area contributed by atoms with Crippen molar-refractivity contribution in [3.05, 3.63) is 12.7 Å². The molecule has 1 N–H and O–H groups in total. The molecule has 1 aliphatic rings. The minimum atomic E-state index is -1.07. The minimum Gasteiger partial charge on any atom is -0.481 e. The Hall–Kier alpha value is -1.32. The molecule has 0 aromatic heterocycles. The summed E-state index contributed by atoms with van der Waals surface area (Å²) in [4.78, 5) is 23.2. The highest BCUT2D eigenvalue weighted by molar-refractivity contribution is 5.93. The summed E-state index contributed by atoms with van der Waals surface area (Å²) in [6, 6.07) is 0.254. The van der Waals surface area contributed by atoms with Gasteiger partial charge in [0.15, 0.2) is 0 Å². The van der Waals surface area contributed by atoms with Gasteiger partial charge in [0.25, 0.3) is 0 Å². The van der Waals surface area contributed by atoms with E-state index in [0.29, 0.717) is 6.54 Å². The predicted molar refractivity (Wildman–Crippen MR) is 47.2 cm³/mol. The highest BCUT2D eigenvalue weighted by Gasteiger charge is 2.32. The lowest BCUT2D eigenvalue weighted by molar-refractivity contribution is -0.144. The lowest BCUT2D eigenvalue weighted by Gasteiger charge is -2.19. The van der Waals surface area contributed by atoms with Crippen LogP contribution in [0.2, 0.25) is 0 Å². The molecular formula is C9H13NO3. The maximum Gasteiger partial charge on any atom is 0.312 e. The van der Waals surface area contributed by atoms with E-state index in [1.54, 1.807) is 11.0 Å². The Morgan fingerprint density at radius 3 is 2.54 bits per heavy atom. The van der Waals surface area contributed by atoms with Gasteiger partial charge in [0.1, 0.15) is 6.42 Å². The van der Waals surface area contributed by atoms with E-state index in [0.717, 1.165) is 12.8 Å². The van der Waals surface area contributed by atoms with Crippen molar-refractivity contribution in [2.45, 2.75) is 25.3 Å². The van der Waals surface area contributed by atoms with Crippen LogP contribution in [-0.4, -0.2) is 34.5 Å². The summed E-state index contributed by atoms with van der Waals surface area (Å²) in [6.45, 7) is 3.99. The Bertz CT molecular complexity index is 233. The molecular weight excluding hydrogens is 170 g/mol. The number of rotatable bonds is 5. The Morgan fingerprint density at radius 2 is 2.15 bits per heavy atom. The molecule has 72 valence electrons. The highest BCUT2D eigenvalue weighted by atomic mass is 16.4. The van der Waals surface area contributed by atoms with Gasteiger partial charge in [-0.25, -0.2) is 0 Å². The van der Waals surface area contributed by atoms with E-state index in [1.807, 2.05) is 0 Å². The summed E-state index contributed by atoms with van der Waals surface area (Å²) in [5.41, 5.74) is 0. The monoisotopic (exact) mass is 183 g/mol. The largest absolute Gasteiger partial charge is 0.481 e. The second-order valence-electron chi connectivity index (χ2n) is 3.14. The van der Waals surface area contributed by atoms with Crippen molar-refractivity contribution in [2.24, 2.45) is 0 Å². The van der Waals surface area contributed by atoms with Gasteiger partial charge in [-0.3, -0.25) is 9.59 Å². The van der Waals surface area contributed by atoms with Crippen LogP contribution >= 0.6 is 0 Å². The molecule has 1 amide bonds. The molecule has 0 aromatic rings. The normalized spacial score (nSPS) is 15.1. The van der Waals surface area contributed by atoms with E-state index >= 15 is 0 Å². The first-order chi connectivity index (χ1) is 6.15. The Kier molecular flexibility index (Phi) is 3.06. The van der Waals surface area contributed by atoms with Gasteiger partial charge in [-0.15, -0.1) is 6.58 Å². The van der Waals surface area contributed by atoms with Gasteiger partial charge >= 0.3 is 5.97 Å². The van der Waals surface area contributed by atoms with Crippen LogP contribution < -0.4 is 0 Å². The van der Waals surface area contributed by atoms with E-state index in [2.05, 4.69) is 6.58 Å². The summed E-state index contributed by atoms with van der Waals surface area (Å²) in [7, 11) is 0. The number of nitrogens with zero attached hydrogens (tertiary/aromatic N) is 1. The number of aliphatic carboxylic acids is 1. The average molecular weight is 183 g/mol. The molecule has 0 spiro atoms. The third kappa shape index (κ3) is 2.89. The summed E-state index contributed by atoms with van der Waals surface area (Å²) >= 11 is 0. The standard InChI is InChI=1S/C9H13NO3/c1-2-5-10(7-3-4-7)8(11)6-9(12)13/h2,7H,1,3-6H2,(H,12,13). The Morgan fingerprint density at radius 1 is 1.54 bits per heavy atom. The number of hydrogen-bond donors (Lipinski definition) is 1. The average Bonchev–Trinajstić information content (AvgIpc) is 2.81. The number of carbonyl (C=O) groups is 2. The van der Waals surface area contributed by atoms with Crippen LogP contribution in [0.25, 0.3) is 0 Å². The second kappa shape index (κ2) is 4.07. The predicted octanol–water partition coefficient (Wildman–Crippen LogP) is 0.638. The molecule has 0 unspecified atom stereocenters. The van der Waals surface area contributed by atoms with Crippen molar-refractivity contribution in [3.63, 3.8) is 0 Å². The first-order valence-electron chi connectivity index (χ1n) is 4.27. The fourth-order valence-electron chi connectivity index (χ4n) is 1.21. The van der Waals surface area contributed by atoms with E-state index in [9.17, 15) is 9.59 Å². The van der Waals surface area contributed by atoms with Crippen molar-refractivity contribution >= 4 is 11.9 Å². The SMILES string of the molecule is C=CCN(C(=O)CC(=O)O)C1CC1. The minimum absolute atomic E-state index is 0.254. The maximum atomic E-state index is 11.3. The zero-order valence-electron chi connectivity index (χ0n) is 7.40. The molecule has 0 aliphatic heterocycles. The Balaban J connectivity index is 2.47. The molecule has 0 heterocycles. The third-order valence-corrected chi connectivity index (χ3v) is 1.94. The van der Waals surface area contributed by atoms with Crippen LogP contribution in [0.1, 0.15) is 19.3 Å². The molecule has 1 fully saturated rings. The van der Waals surface area contributed by atoms with E-state index < -0.39 is 12.4 Å². The molecule has 0 aromatic carbocycles. The number of carboxylic acid groups (broad SMARTS) is 1. The molecule has 0 radical (unpaired) electrons. The smallest absolute Gasteiger partial charge is 0.312 e. The molecule has 1 saturated carbocycles. The molecule has 4 heteroatoms. The Labute approximate surface area is 76.8 Å². The lowest BCUT2D eigenvalue weighted by Crippen LogP contribution is -2.34. The third-order valence-electron chi connectivity index (χ3n) is 1.94. The number of carboxylic acids is 1. The number of carbonyl (C=O) groups excluding carboxylic acids is 1. The van der Waals surface area contributed by atoms with Crippen LogP contribution in [-0.2, 0) is 9.59 Å². The maximum absolute atomic E-state index is 11.3. The van der Waals surface area contributed by atoms with Crippen molar-refractivity contribution in [1.82, 2.24) is 4.90 Å². The summed E-state index contributed by atoms with van der Waals surface area (Å²) in [6.07, 6.45) is 3.18. The lowest BCUT2D eigenvalue weighted by atomic mass is 10.3. The van der Waals surface area contributed by atoms with E-state index in [-0.39, 0.29) is 11.9 Å². The van der Waals surface area contributed by atoms with Crippen molar-refractivity contribution in [1.29, 1.82) is 0 Å². The van der Waals surface area contributed by atoms with Gasteiger partial charge in [-0.1, -0.05) is 6.08 Å².